The van der Waals surface area contributed by atoms with Gasteiger partial charge in [0.05, 0.1) is 11.5 Å². The Kier molecular flexibility index (Phi) is 3.50. The molecule has 0 aromatic carbocycles. The van der Waals surface area contributed by atoms with E-state index < -0.39 is 0 Å². The van der Waals surface area contributed by atoms with Gasteiger partial charge in [-0.2, -0.15) is 0 Å². The summed E-state index contributed by atoms with van der Waals surface area (Å²) in [7, 11) is 0. The van der Waals surface area contributed by atoms with Gasteiger partial charge >= 0.3 is 0 Å². The molecule has 2 rings (SSSR count). The summed E-state index contributed by atoms with van der Waals surface area (Å²) >= 11 is 0. The minimum Gasteiger partial charge on any atom is -0.391 e. The molecule has 0 radical (unpaired) electrons. The Bertz CT molecular complexity index is 262. The van der Waals surface area contributed by atoms with Crippen molar-refractivity contribution in [2.24, 2.45) is 5.41 Å². The normalized spacial score (nSPS) is 29.4. The lowest BCUT2D eigenvalue weighted by Crippen LogP contribution is -2.48. The first-order chi connectivity index (χ1) is 7.68. The number of piperidine rings is 1. The van der Waals surface area contributed by atoms with E-state index in [-0.39, 0.29) is 17.4 Å². The molecule has 92 valence electrons. The molecule has 2 aliphatic heterocycles. The maximum absolute atomic E-state index is 12.5. The molecular weight excluding hydrogens is 204 g/mol. The van der Waals surface area contributed by atoms with Crippen molar-refractivity contribution >= 4 is 5.91 Å². The number of carbonyl (C=O) groups excluding carboxylic acids is 1. The lowest BCUT2D eigenvalue weighted by atomic mass is 9.75. The van der Waals surface area contributed by atoms with Crippen LogP contribution in [0, 0.1) is 5.41 Å². The van der Waals surface area contributed by atoms with Gasteiger partial charge in [0.2, 0.25) is 5.91 Å². The molecule has 0 aliphatic carbocycles. The summed E-state index contributed by atoms with van der Waals surface area (Å²) in [6.07, 6.45) is 3.23. The predicted molar refractivity (Wildman–Crippen MR) is 62.0 cm³/mol. The summed E-state index contributed by atoms with van der Waals surface area (Å²) in [4.78, 5) is 14.3. The standard InChI is InChI=1S/C12H22N2O2/c1-2-12(4-6-13-7-5-12)11(16)14-8-3-10(15)9-14/h10,13,15H,2-9H2,1H3/t10-/m1/s1. The highest BCUT2D eigenvalue weighted by atomic mass is 16.3. The van der Waals surface area contributed by atoms with Crippen molar-refractivity contribution < 1.29 is 9.90 Å². The molecule has 0 unspecified atom stereocenters. The third-order valence-electron chi connectivity index (χ3n) is 4.14. The zero-order chi connectivity index (χ0) is 11.6. The smallest absolute Gasteiger partial charge is 0.228 e. The first kappa shape index (κ1) is 11.9. The van der Waals surface area contributed by atoms with Crippen LogP contribution in [0.5, 0.6) is 0 Å². The van der Waals surface area contributed by atoms with E-state index in [1.54, 1.807) is 0 Å². The summed E-state index contributed by atoms with van der Waals surface area (Å²) in [6, 6.07) is 0. The van der Waals surface area contributed by atoms with E-state index in [0.29, 0.717) is 6.54 Å². The van der Waals surface area contributed by atoms with Crippen molar-refractivity contribution in [3.05, 3.63) is 0 Å². The van der Waals surface area contributed by atoms with Crippen molar-refractivity contribution in [2.45, 2.75) is 38.7 Å². The highest BCUT2D eigenvalue weighted by Crippen LogP contribution is 2.35. The molecule has 2 heterocycles. The number of nitrogens with zero attached hydrogens (tertiary/aromatic N) is 1. The van der Waals surface area contributed by atoms with Crippen LogP contribution in [0.25, 0.3) is 0 Å². The van der Waals surface area contributed by atoms with Gasteiger partial charge in [0.15, 0.2) is 0 Å². The molecule has 2 fully saturated rings. The summed E-state index contributed by atoms with van der Waals surface area (Å²) in [5.74, 6) is 0.271. The third kappa shape index (κ3) is 2.09. The zero-order valence-electron chi connectivity index (χ0n) is 10.0. The van der Waals surface area contributed by atoms with Crippen LogP contribution in [0.4, 0.5) is 0 Å². The Hall–Kier alpha value is -0.610. The maximum Gasteiger partial charge on any atom is 0.228 e. The van der Waals surface area contributed by atoms with E-state index in [2.05, 4.69) is 12.2 Å². The summed E-state index contributed by atoms with van der Waals surface area (Å²) in [5.41, 5.74) is -0.157. The van der Waals surface area contributed by atoms with Crippen LogP contribution in [0.3, 0.4) is 0 Å². The highest BCUT2D eigenvalue weighted by molar-refractivity contribution is 5.83. The predicted octanol–water partition coefficient (Wildman–Crippen LogP) is 0.359. The van der Waals surface area contributed by atoms with Gasteiger partial charge in [-0.3, -0.25) is 4.79 Å². The molecule has 0 spiro atoms. The number of β-amino-alcohol motifs (C(OH)–C–C–N with tert-alkyl or cyclic N) is 1. The van der Waals surface area contributed by atoms with Gasteiger partial charge < -0.3 is 15.3 Å². The summed E-state index contributed by atoms with van der Waals surface area (Å²) in [5, 5.41) is 12.8. The van der Waals surface area contributed by atoms with Crippen LogP contribution in [0.15, 0.2) is 0 Å². The molecule has 0 bridgehead atoms. The van der Waals surface area contributed by atoms with Crippen LogP contribution in [-0.2, 0) is 4.79 Å². The molecule has 1 amide bonds. The minimum absolute atomic E-state index is 0.157. The van der Waals surface area contributed by atoms with Crippen molar-refractivity contribution in [1.29, 1.82) is 0 Å². The number of aliphatic hydroxyl groups excluding tert-OH is 1. The van der Waals surface area contributed by atoms with Crippen LogP contribution in [-0.4, -0.2) is 48.2 Å². The first-order valence-corrected chi connectivity index (χ1v) is 6.36. The maximum atomic E-state index is 12.5. The summed E-state index contributed by atoms with van der Waals surface area (Å²) in [6.45, 7) is 5.25. The molecule has 0 aromatic heterocycles. The lowest BCUT2D eigenvalue weighted by molar-refractivity contribution is -0.143. The summed E-state index contributed by atoms with van der Waals surface area (Å²) < 4.78 is 0. The Labute approximate surface area is 97.0 Å². The molecule has 0 aromatic rings. The van der Waals surface area contributed by atoms with Gasteiger partial charge in [-0.1, -0.05) is 6.92 Å². The van der Waals surface area contributed by atoms with Crippen molar-refractivity contribution in [2.75, 3.05) is 26.2 Å². The monoisotopic (exact) mass is 226 g/mol. The second-order valence-corrected chi connectivity index (χ2v) is 5.08. The SMILES string of the molecule is CCC1(C(=O)N2CC[C@@H](O)C2)CCNCC1. The second kappa shape index (κ2) is 4.72. The van der Waals surface area contributed by atoms with Gasteiger partial charge in [0.1, 0.15) is 0 Å². The molecule has 16 heavy (non-hydrogen) atoms. The van der Waals surface area contributed by atoms with Gasteiger partial charge in [0.25, 0.3) is 0 Å². The van der Waals surface area contributed by atoms with E-state index in [1.165, 1.54) is 0 Å². The highest BCUT2D eigenvalue weighted by Gasteiger charge is 2.41. The van der Waals surface area contributed by atoms with E-state index in [0.717, 1.165) is 45.3 Å². The molecular formula is C12H22N2O2. The average molecular weight is 226 g/mol. The van der Waals surface area contributed by atoms with Crippen molar-refractivity contribution in [3.63, 3.8) is 0 Å². The largest absolute Gasteiger partial charge is 0.391 e. The number of nitrogens with one attached hydrogen (secondary N) is 1. The topological polar surface area (TPSA) is 52.6 Å². The quantitative estimate of drug-likeness (QED) is 0.715. The molecule has 0 saturated carbocycles. The fraction of sp³-hybridized carbons (Fsp3) is 0.917. The number of hydrogen-bond donors (Lipinski definition) is 2. The zero-order valence-corrected chi connectivity index (χ0v) is 10.0. The van der Waals surface area contributed by atoms with E-state index in [9.17, 15) is 9.90 Å². The van der Waals surface area contributed by atoms with Crippen LogP contribution in [0.1, 0.15) is 32.6 Å². The van der Waals surface area contributed by atoms with Crippen LogP contribution in [0.2, 0.25) is 0 Å². The number of likely N-dealkylation sites (tertiary alicyclic amines) is 1. The van der Waals surface area contributed by atoms with Crippen LogP contribution < -0.4 is 5.32 Å². The molecule has 4 heteroatoms. The average Bonchev–Trinajstić information content (AvgIpc) is 2.76. The fourth-order valence-electron chi connectivity index (χ4n) is 2.89. The van der Waals surface area contributed by atoms with E-state index in [4.69, 9.17) is 0 Å². The van der Waals surface area contributed by atoms with Gasteiger partial charge in [-0.15, -0.1) is 0 Å². The number of rotatable bonds is 2. The van der Waals surface area contributed by atoms with Crippen LogP contribution >= 0.6 is 0 Å². The van der Waals surface area contributed by atoms with E-state index >= 15 is 0 Å². The molecule has 2 N–H and O–H groups in total. The Morgan fingerprint density at radius 3 is 2.69 bits per heavy atom. The van der Waals surface area contributed by atoms with Gasteiger partial charge in [-0.25, -0.2) is 0 Å². The number of amides is 1. The Balaban J connectivity index is 2.05. The minimum atomic E-state index is -0.306. The first-order valence-electron chi connectivity index (χ1n) is 6.36. The number of aliphatic hydroxyl groups is 1. The Morgan fingerprint density at radius 2 is 2.19 bits per heavy atom. The second-order valence-electron chi connectivity index (χ2n) is 5.08. The number of carbonyl (C=O) groups is 1. The van der Waals surface area contributed by atoms with E-state index in [1.807, 2.05) is 4.90 Å². The Morgan fingerprint density at radius 1 is 1.50 bits per heavy atom. The molecule has 1 atom stereocenters. The molecule has 2 saturated heterocycles. The third-order valence-corrected chi connectivity index (χ3v) is 4.14. The van der Waals surface area contributed by atoms with Crippen molar-refractivity contribution in [3.8, 4) is 0 Å². The van der Waals surface area contributed by atoms with Crippen molar-refractivity contribution in [1.82, 2.24) is 10.2 Å². The lowest BCUT2D eigenvalue weighted by Gasteiger charge is -2.38. The van der Waals surface area contributed by atoms with Gasteiger partial charge in [-0.05, 0) is 38.8 Å². The number of hydrogen-bond acceptors (Lipinski definition) is 3. The fourth-order valence-corrected chi connectivity index (χ4v) is 2.89. The van der Waals surface area contributed by atoms with Gasteiger partial charge in [0, 0.05) is 13.1 Å². The molecule has 2 aliphatic rings. The molecule has 4 nitrogen and oxygen atoms in total.